The standard InChI is InChI=1S/C18H27O7/c19-25-16-15-14(23-18(24-15)9-5-2-6-10-18)13(21-16)12-11-20-17(22-12)7-3-1-4-8-17/h12-16H,1-11H2/t12-,13-,14+,15+,16?/m1/s1. The van der Waals surface area contributed by atoms with Gasteiger partial charge < -0.3 is 23.7 Å². The average molecular weight is 355 g/mol. The molecule has 3 heterocycles. The van der Waals surface area contributed by atoms with Crippen LogP contribution in [0.15, 0.2) is 0 Å². The van der Waals surface area contributed by atoms with Crippen molar-refractivity contribution in [1.82, 2.24) is 0 Å². The Morgan fingerprint density at radius 2 is 1.36 bits per heavy atom. The van der Waals surface area contributed by atoms with Crippen molar-refractivity contribution in [3.8, 4) is 0 Å². The SMILES string of the molecule is [O]OC1O[C@H]([C@H]2COC3(CCCCC3)O2)[C@@H]2OC3(CCCCC3)O[C@H]12. The molecule has 5 fully saturated rings. The Labute approximate surface area is 147 Å². The quantitative estimate of drug-likeness (QED) is 0.560. The number of hydrogen-bond acceptors (Lipinski definition) is 6. The summed E-state index contributed by atoms with van der Waals surface area (Å²) in [6, 6.07) is 0. The van der Waals surface area contributed by atoms with E-state index in [-0.39, 0.29) is 18.3 Å². The third-order valence-corrected chi connectivity index (χ3v) is 6.48. The highest BCUT2D eigenvalue weighted by molar-refractivity contribution is 5.02. The highest BCUT2D eigenvalue weighted by atomic mass is 17.1. The van der Waals surface area contributed by atoms with Gasteiger partial charge in [-0.05, 0) is 30.9 Å². The van der Waals surface area contributed by atoms with Gasteiger partial charge in [-0.2, -0.15) is 4.89 Å². The van der Waals surface area contributed by atoms with E-state index < -0.39 is 24.0 Å². The second-order valence-electron chi connectivity index (χ2n) is 8.14. The zero-order valence-electron chi connectivity index (χ0n) is 14.5. The first kappa shape index (κ1) is 16.9. The minimum atomic E-state index is -0.942. The highest BCUT2D eigenvalue weighted by Gasteiger charge is 2.62. The molecule has 0 aromatic carbocycles. The fourth-order valence-corrected chi connectivity index (χ4v) is 5.23. The minimum Gasteiger partial charge on any atom is -0.347 e. The number of ether oxygens (including phenoxy) is 5. The van der Waals surface area contributed by atoms with E-state index in [9.17, 15) is 5.26 Å². The van der Waals surface area contributed by atoms with E-state index in [1.807, 2.05) is 0 Å². The second kappa shape index (κ2) is 6.41. The Morgan fingerprint density at radius 3 is 2.04 bits per heavy atom. The fraction of sp³-hybridized carbons (Fsp3) is 1.00. The summed E-state index contributed by atoms with van der Waals surface area (Å²) in [7, 11) is 0. The van der Waals surface area contributed by atoms with E-state index >= 15 is 0 Å². The largest absolute Gasteiger partial charge is 0.347 e. The van der Waals surface area contributed by atoms with Crippen LogP contribution in [0.3, 0.4) is 0 Å². The zero-order chi connectivity index (χ0) is 16.9. The molecule has 0 amide bonds. The lowest BCUT2D eigenvalue weighted by atomic mass is 9.94. The number of hydrogen-bond donors (Lipinski definition) is 0. The molecule has 5 atom stereocenters. The third kappa shape index (κ3) is 2.84. The molecule has 25 heavy (non-hydrogen) atoms. The molecule has 141 valence electrons. The van der Waals surface area contributed by atoms with Gasteiger partial charge in [-0.3, -0.25) is 0 Å². The fourth-order valence-electron chi connectivity index (χ4n) is 5.23. The van der Waals surface area contributed by atoms with Crippen molar-refractivity contribution in [1.29, 1.82) is 0 Å². The van der Waals surface area contributed by atoms with Gasteiger partial charge in [0, 0.05) is 25.7 Å². The maximum absolute atomic E-state index is 11.2. The molecule has 3 saturated heterocycles. The van der Waals surface area contributed by atoms with Gasteiger partial charge in [-0.15, -0.1) is 0 Å². The van der Waals surface area contributed by atoms with Gasteiger partial charge in [0.1, 0.15) is 24.4 Å². The molecule has 0 aromatic heterocycles. The van der Waals surface area contributed by atoms with Gasteiger partial charge in [-0.1, -0.05) is 12.8 Å². The normalized spacial score (nSPS) is 45.2. The van der Waals surface area contributed by atoms with Gasteiger partial charge in [0.25, 0.3) is 0 Å². The molecule has 1 radical (unpaired) electrons. The van der Waals surface area contributed by atoms with E-state index in [1.165, 1.54) is 12.8 Å². The monoisotopic (exact) mass is 355 g/mol. The first-order chi connectivity index (χ1) is 12.2. The molecule has 2 spiro atoms. The lowest BCUT2D eigenvalue weighted by Crippen LogP contribution is -2.43. The summed E-state index contributed by atoms with van der Waals surface area (Å²) in [5.41, 5.74) is 0. The molecule has 2 aliphatic carbocycles. The Bertz CT molecular complexity index is 486. The van der Waals surface area contributed by atoms with Crippen LogP contribution in [0.4, 0.5) is 0 Å². The summed E-state index contributed by atoms with van der Waals surface area (Å²) < 4.78 is 30.7. The van der Waals surface area contributed by atoms with E-state index in [1.54, 1.807) is 0 Å². The molecular weight excluding hydrogens is 328 g/mol. The van der Waals surface area contributed by atoms with Gasteiger partial charge in [0.15, 0.2) is 11.6 Å². The van der Waals surface area contributed by atoms with Crippen LogP contribution in [0, 0.1) is 0 Å². The predicted octanol–water partition coefficient (Wildman–Crippen LogP) is 2.59. The van der Waals surface area contributed by atoms with Crippen molar-refractivity contribution < 1.29 is 33.8 Å². The third-order valence-electron chi connectivity index (χ3n) is 6.48. The molecule has 3 aliphatic heterocycles. The summed E-state index contributed by atoms with van der Waals surface area (Å²) in [5, 5.41) is 11.2. The van der Waals surface area contributed by atoms with Crippen molar-refractivity contribution in [2.24, 2.45) is 0 Å². The van der Waals surface area contributed by atoms with Gasteiger partial charge >= 0.3 is 0 Å². The van der Waals surface area contributed by atoms with Crippen LogP contribution in [-0.2, 0) is 33.8 Å². The van der Waals surface area contributed by atoms with Gasteiger partial charge in [0.2, 0.25) is 6.29 Å². The molecule has 5 aliphatic rings. The van der Waals surface area contributed by atoms with E-state index in [4.69, 9.17) is 23.7 Å². The molecule has 0 N–H and O–H groups in total. The van der Waals surface area contributed by atoms with Crippen molar-refractivity contribution >= 4 is 0 Å². The van der Waals surface area contributed by atoms with Crippen molar-refractivity contribution in [3.63, 3.8) is 0 Å². The molecule has 0 bridgehead atoms. The smallest absolute Gasteiger partial charge is 0.224 e. The summed E-state index contributed by atoms with van der Waals surface area (Å²) in [4.78, 5) is 4.31. The van der Waals surface area contributed by atoms with Crippen LogP contribution in [-0.4, -0.2) is 48.9 Å². The number of rotatable bonds is 2. The van der Waals surface area contributed by atoms with Crippen molar-refractivity contribution in [2.75, 3.05) is 6.61 Å². The Kier molecular flexibility index (Phi) is 4.32. The first-order valence-electron chi connectivity index (χ1n) is 9.84. The van der Waals surface area contributed by atoms with Gasteiger partial charge in [-0.25, -0.2) is 0 Å². The molecular formula is C18H27O7. The van der Waals surface area contributed by atoms with E-state index in [0.29, 0.717) is 6.61 Å². The Balaban J connectivity index is 1.32. The maximum Gasteiger partial charge on any atom is 0.224 e. The highest BCUT2D eigenvalue weighted by Crippen LogP contribution is 2.48. The first-order valence-corrected chi connectivity index (χ1v) is 9.84. The summed E-state index contributed by atoms with van der Waals surface area (Å²) >= 11 is 0. The summed E-state index contributed by atoms with van der Waals surface area (Å²) in [6.45, 7) is 0.468. The van der Waals surface area contributed by atoms with Gasteiger partial charge in [0.05, 0.1) is 6.61 Å². The van der Waals surface area contributed by atoms with Crippen molar-refractivity contribution in [3.05, 3.63) is 0 Å². The molecule has 0 aromatic rings. The molecule has 1 unspecified atom stereocenters. The van der Waals surface area contributed by atoms with Crippen LogP contribution >= 0.6 is 0 Å². The van der Waals surface area contributed by atoms with Crippen LogP contribution < -0.4 is 0 Å². The second-order valence-corrected chi connectivity index (χ2v) is 8.14. The number of fused-ring (bicyclic) bond motifs is 1. The lowest BCUT2D eigenvalue weighted by molar-refractivity contribution is -0.406. The maximum atomic E-state index is 11.2. The Hall–Kier alpha value is -0.280. The van der Waals surface area contributed by atoms with Crippen LogP contribution in [0.5, 0.6) is 0 Å². The minimum absolute atomic E-state index is 0.243. The molecule has 7 heteroatoms. The summed E-state index contributed by atoms with van der Waals surface area (Å²) in [6.07, 6.45) is 8.05. The zero-order valence-corrected chi connectivity index (χ0v) is 14.5. The average Bonchev–Trinajstić information content (AvgIpc) is 3.29. The molecule has 2 saturated carbocycles. The summed E-state index contributed by atoms with van der Waals surface area (Å²) in [5.74, 6) is -1.05. The predicted molar refractivity (Wildman–Crippen MR) is 82.6 cm³/mol. The van der Waals surface area contributed by atoms with E-state index in [0.717, 1.165) is 51.4 Å². The Morgan fingerprint density at radius 1 is 0.720 bits per heavy atom. The van der Waals surface area contributed by atoms with Crippen LogP contribution in [0.25, 0.3) is 0 Å². The topological polar surface area (TPSA) is 75.3 Å². The molecule has 5 rings (SSSR count). The van der Waals surface area contributed by atoms with Crippen LogP contribution in [0.2, 0.25) is 0 Å². The lowest BCUT2D eigenvalue weighted by Gasteiger charge is -2.35. The van der Waals surface area contributed by atoms with Crippen LogP contribution in [0.1, 0.15) is 64.2 Å². The van der Waals surface area contributed by atoms with Crippen molar-refractivity contribution in [2.45, 2.75) is 106 Å². The van der Waals surface area contributed by atoms with E-state index in [2.05, 4.69) is 4.89 Å². The molecule has 7 nitrogen and oxygen atoms in total.